The summed E-state index contributed by atoms with van der Waals surface area (Å²) in [5, 5.41) is 0. The van der Waals surface area contributed by atoms with Crippen LogP contribution >= 0.6 is 0 Å². The largest absolute Gasteiger partial charge is 0.384 e. The number of rotatable bonds is 5. The van der Waals surface area contributed by atoms with Crippen molar-refractivity contribution < 1.29 is 0 Å². The Kier molecular flexibility index (Phi) is 4.25. The fraction of sp³-hybridized carbons (Fsp3) is 0.438. The van der Waals surface area contributed by atoms with Crippen LogP contribution in [0.25, 0.3) is 0 Å². The zero-order chi connectivity index (χ0) is 13.8. The molecule has 0 saturated heterocycles. The third-order valence-electron chi connectivity index (χ3n) is 3.24. The Morgan fingerprint density at radius 1 is 1.21 bits per heavy atom. The second-order valence-electron chi connectivity index (χ2n) is 5.38. The van der Waals surface area contributed by atoms with Gasteiger partial charge in [-0.1, -0.05) is 51.1 Å². The van der Waals surface area contributed by atoms with Crippen molar-refractivity contribution in [1.29, 1.82) is 0 Å². The van der Waals surface area contributed by atoms with Crippen molar-refractivity contribution in [3.63, 3.8) is 0 Å². The van der Waals surface area contributed by atoms with Crippen molar-refractivity contribution in [3.8, 4) is 0 Å². The van der Waals surface area contributed by atoms with Crippen molar-refractivity contribution in [3.05, 3.63) is 47.4 Å². The van der Waals surface area contributed by atoms with Crippen molar-refractivity contribution in [2.45, 2.75) is 40.2 Å². The smallest absolute Gasteiger partial charge is 0.127 e. The fourth-order valence-corrected chi connectivity index (χ4v) is 2.33. The van der Waals surface area contributed by atoms with Gasteiger partial charge in [0.05, 0.1) is 5.69 Å². The van der Waals surface area contributed by atoms with Crippen molar-refractivity contribution >= 4 is 5.82 Å². The van der Waals surface area contributed by atoms with E-state index in [1.165, 1.54) is 5.56 Å². The number of aryl methyl sites for hydroxylation is 1. The minimum absolute atomic E-state index is 0.575. The molecule has 2 rings (SSSR count). The Hall–Kier alpha value is -1.77. The van der Waals surface area contributed by atoms with Gasteiger partial charge in [0.15, 0.2) is 0 Å². The van der Waals surface area contributed by atoms with Gasteiger partial charge in [-0.05, 0) is 11.5 Å². The first-order chi connectivity index (χ1) is 9.11. The lowest BCUT2D eigenvalue weighted by Gasteiger charge is -2.11. The average Bonchev–Trinajstić information content (AvgIpc) is 2.68. The highest BCUT2D eigenvalue weighted by molar-refractivity contribution is 5.41. The SMILES string of the molecule is CCc1nc(Cc2ccccc2)c(N)n1CC(C)C. The highest BCUT2D eigenvalue weighted by atomic mass is 15.1. The molecule has 2 N–H and O–H groups in total. The maximum absolute atomic E-state index is 6.28. The van der Waals surface area contributed by atoms with Crippen LogP contribution in [0, 0.1) is 5.92 Å². The minimum Gasteiger partial charge on any atom is -0.384 e. The summed E-state index contributed by atoms with van der Waals surface area (Å²) in [6.07, 6.45) is 1.73. The molecule has 0 aliphatic heterocycles. The normalized spacial score (nSPS) is 11.2. The molecule has 1 heterocycles. The number of hydrogen-bond donors (Lipinski definition) is 1. The fourth-order valence-electron chi connectivity index (χ4n) is 2.33. The van der Waals surface area contributed by atoms with E-state index in [0.29, 0.717) is 5.92 Å². The quantitative estimate of drug-likeness (QED) is 0.893. The standard InChI is InChI=1S/C16H23N3/c1-4-15-18-14(10-13-8-6-5-7-9-13)16(17)19(15)11-12(2)3/h5-9,12H,4,10-11,17H2,1-3H3. The van der Waals surface area contributed by atoms with E-state index in [1.807, 2.05) is 6.07 Å². The summed E-state index contributed by atoms with van der Waals surface area (Å²) in [5.41, 5.74) is 8.54. The van der Waals surface area contributed by atoms with Crippen LogP contribution in [-0.2, 0) is 19.4 Å². The third kappa shape index (κ3) is 3.16. The Balaban J connectivity index is 2.29. The number of benzene rings is 1. The summed E-state index contributed by atoms with van der Waals surface area (Å²) in [6, 6.07) is 10.4. The zero-order valence-corrected chi connectivity index (χ0v) is 12.1. The Bertz CT molecular complexity index is 526. The van der Waals surface area contributed by atoms with Gasteiger partial charge in [0.1, 0.15) is 11.6 Å². The summed E-state index contributed by atoms with van der Waals surface area (Å²) in [7, 11) is 0. The lowest BCUT2D eigenvalue weighted by atomic mass is 10.1. The molecule has 0 bridgehead atoms. The van der Waals surface area contributed by atoms with Crippen LogP contribution in [0.15, 0.2) is 30.3 Å². The van der Waals surface area contributed by atoms with Gasteiger partial charge >= 0.3 is 0 Å². The summed E-state index contributed by atoms with van der Waals surface area (Å²) in [6.45, 7) is 7.48. The topological polar surface area (TPSA) is 43.8 Å². The monoisotopic (exact) mass is 257 g/mol. The molecule has 0 aliphatic rings. The minimum atomic E-state index is 0.575. The summed E-state index contributed by atoms with van der Waals surface area (Å²) in [4.78, 5) is 4.71. The van der Waals surface area contributed by atoms with Crippen LogP contribution in [0.5, 0.6) is 0 Å². The summed E-state index contributed by atoms with van der Waals surface area (Å²) < 4.78 is 2.17. The average molecular weight is 257 g/mol. The molecule has 0 unspecified atom stereocenters. The molecule has 1 aromatic carbocycles. The molecule has 0 fully saturated rings. The first kappa shape index (κ1) is 13.7. The summed E-state index contributed by atoms with van der Waals surface area (Å²) >= 11 is 0. The molecule has 0 radical (unpaired) electrons. The van der Waals surface area contributed by atoms with E-state index >= 15 is 0 Å². The molecule has 0 aliphatic carbocycles. The molecule has 0 amide bonds. The van der Waals surface area contributed by atoms with Crippen LogP contribution < -0.4 is 5.73 Å². The Labute approximate surface area is 115 Å². The summed E-state index contributed by atoms with van der Waals surface area (Å²) in [5.74, 6) is 2.50. The van der Waals surface area contributed by atoms with Crippen LogP contribution in [0.4, 0.5) is 5.82 Å². The van der Waals surface area contributed by atoms with E-state index in [2.05, 4.69) is 49.6 Å². The van der Waals surface area contributed by atoms with Gasteiger partial charge in [0, 0.05) is 19.4 Å². The van der Waals surface area contributed by atoms with E-state index < -0.39 is 0 Å². The maximum Gasteiger partial charge on any atom is 0.127 e. The van der Waals surface area contributed by atoms with E-state index in [-0.39, 0.29) is 0 Å². The number of nitrogen functional groups attached to an aromatic ring is 1. The first-order valence-corrected chi connectivity index (χ1v) is 6.99. The number of aromatic nitrogens is 2. The Morgan fingerprint density at radius 3 is 2.47 bits per heavy atom. The predicted molar refractivity (Wildman–Crippen MR) is 80.1 cm³/mol. The highest BCUT2D eigenvalue weighted by Crippen LogP contribution is 2.20. The van der Waals surface area contributed by atoms with Gasteiger partial charge in [-0.2, -0.15) is 0 Å². The van der Waals surface area contributed by atoms with E-state index in [0.717, 1.165) is 36.7 Å². The van der Waals surface area contributed by atoms with Gasteiger partial charge in [-0.15, -0.1) is 0 Å². The highest BCUT2D eigenvalue weighted by Gasteiger charge is 2.14. The molecule has 1 aromatic heterocycles. The third-order valence-corrected chi connectivity index (χ3v) is 3.24. The number of anilines is 1. The molecule has 102 valence electrons. The second kappa shape index (κ2) is 5.91. The van der Waals surface area contributed by atoms with Gasteiger partial charge < -0.3 is 10.3 Å². The molecular weight excluding hydrogens is 234 g/mol. The van der Waals surface area contributed by atoms with Crippen molar-refractivity contribution in [2.24, 2.45) is 5.92 Å². The number of imidazole rings is 1. The lowest BCUT2D eigenvalue weighted by molar-refractivity contribution is 0.513. The molecular formula is C16H23N3. The van der Waals surface area contributed by atoms with Crippen LogP contribution in [0.1, 0.15) is 37.9 Å². The van der Waals surface area contributed by atoms with Crippen LogP contribution in [-0.4, -0.2) is 9.55 Å². The molecule has 0 saturated carbocycles. The van der Waals surface area contributed by atoms with Gasteiger partial charge in [-0.3, -0.25) is 0 Å². The number of nitrogens with zero attached hydrogens (tertiary/aromatic N) is 2. The number of nitrogens with two attached hydrogens (primary N) is 1. The van der Waals surface area contributed by atoms with Crippen LogP contribution in [0.2, 0.25) is 0 Å². The maximum atomic E-state index is 6.28. The Morgan fingerprint density at radius 2 is 1.89 bits per heavy atom. The molecule has 2 aromatic rings. The molecule has 19 heavy (non-hydrogen) atoms. The molecule has 3 nitrogen and oxygen atoms in total. The molecule has 0 spiro atoms. The van der Waals surface area contributed by atoms with Gasteiger partial charge in [0.2, 0.25) is 0 Å². The van der Waals surface area contributed by atoms with Crippen LogP contribution in [0.3, 0.4) is 0 Å². The number of hydrogen-bond acceptors (Lipinski definition) is 2. The lowest BCUT2D eigenvalue weighted by Crippen LogP contribution is -2.11. The van der Waals surface area contributed by atoms with Gasteiger partial charge in [0.25, 0.3) is 0 Å². The van der Waals surface area contributed by atoms with E-state index in [4.69, 9.17) is 10.7 Å². The van der Waals surface area contributed by atoms with Crippen molar-refractivity contribution in [1.82, 2.24) is 9.55 Å². The van der Waals surface area contributed by atoms with E-state index in [9.17, 15) is 0 Å². The molecule has 3 heteroatoms. The van der Waals surface area contributed by atoms with E-state index in [1.54, 1.807) is 0 Å². The molecule has 0 atom stereocenters. The van der Waals surface area contributed by atoms with Gasteiger partial charge in [-0.25, -0.2) is 4.98 Å². The second-order valence-corrected chi connectivity index (χ2v) is 5.38. The predicted octanol–water partition coefficient (Wildman–Crippen LogP) is 3.27. The van der Waals surface area contributed by atoms with Crippen molar-refractivity contribution in [2.75, 3.05) is 5.73 Å². The zero-order valence-electron chi connectivity index (χ0n) is 12.1. The first-order valence-electron chi connectivity index (χ1n) is 6.99.